The molecule has 5 nitrogen and oxygen atoms in total. The van der Waals surface area contributed by atoms with E-state index in [-0.39, 0.29) is 22.5 Å². The number of sulfonamides is 1. The average Bonchev–Trinajstić information content (AvgIpc) is 3.36. The van der Waals surface area contributed by atoms with Crippen molar-refractivity contribution in [3.8, 4) is 11.1 Å². The highest BCUT2D eigenvalue weighted by Gasteiger charge is 2.34. The number of halogens is 1. The second-order valence-electron chi connectivity index (χ2n) is 8.14. The first-order valence-electron chi connectivity index (χ1n) is 10.1. The van der Waals surface area contributed by atoms with E-state index in [0.29, 0.717) is 37.1 Å². The molecule has 2 N–H and O–H groups in total. The lowest BCUT2D eigenvalue weighted by molar-refractivity contribution is -0.122. The summed E-state index contributed by atoms with van der Waals surface area (Å²) in [5.41, 5.74) is 5.06. The van der Waals surface area contributed by atoms with Crippen molar-refractivity contribution in [2.45, 2.75) is 24.2 Å². The van der Waals surface area contributed by atoms with Crippen LogP contribution in [0.25, 0.3) is 11.1 Å². The van der Waals surface area contributed by atoms with Crippen LogP contribution in [0.1, 0.15) is 16.7 Å². The smallest absolute Gasteiger partial charge is 0.238 e. The number of nitrogens with zero attached hydrogens (tertiary/aromatic N) is 1. The van der Waals surface area contributed by atoms with Crippen molar-refractivity contribution in [2.75, 3.05) is 11.4 Å². The summed E-state index contributed by atoms with van der Waals surface area (Å²) in [4.78, 5) is 15.0. The molecule has 0 bridgehead atoms. The van der Waals surface area contributed by atoms with Crippen LogP contribution < -0.4 is 10.0 Å². The Balaban J connectivity index is 1.40. The maximum Gasteiger partial charge on any atom is 0.238 e. The first-order chi connectivity index (χ1) is 14.8. The molecule has 5 rings (SSSR count). The monoisotopic (exact) mass is 436 g/mol. The van der Waals surface area contributed by atoms with Crippen LogP contribution in [0.4, 0.5) is 10.1 Å². The van der Waals surface area contributed by atoms with Crippen molar-refractivity contribution >= 4 is 21.6 Å². The number of anilines is 1. The van der Waals surface area contributed by atoms with Crippen LogP contribution in [0.2, 0.25) is 0 Å². The molecular weight excluding hydrogens is 415 g/mol. The van der Waals surface area contributed by atoms with Crippen LogP contribution in [-0.4, -0.2) is 20.9 Å². The molecule has 1 amide bonds. The van der Waals surface area contributed by atoms with Gasteiger partial charge >= 0.3 is 0 Å². The van der Waals surface area contributed by atoms with Gasteiger partial charge in [-0.25, -0.2) is 17.9 Å². The molecule has 0 unspecified atom stereocenters. The molecule has 7 heteroatoms. The van der Waals surface area contributed by atoms with Crippen LogP contribution in [0.3, 0.4) is 0 Å². The first-order valence-corrected chi connectivity index (χ1v) is 11.7. The predicted octanol–water partition coefficient (Wildman–Crippen LogP) is 3.44. The number of carbonyl (C=O) groups is 1. The number of hydrogen-bond acceptors (Lipinski definition) is 3. The molecule has 0 aromatic heterocycles. The molecule has 1 heterocycles. The second-order valence-corrected chi connectivity index (χ2v) is 9.71. The van der Waals surface area contributed by atoms with Crippen LogP contribution >= 0.6 is 0 Å². The Labute approximate surface area is 180 Å². The minimum atomic E-state index is -3.84. The molecule has 0 saturated heterocycles. The normalized spacial score (nSPS) is 17.5. The summed E-state index contributed by atoms with van der Waals surface area (Å²) in [7, 11) is -3.84. The molecule has 1 aliphatic carbocycles. The molecule has 3 aromatic rings. The Kier molecular flexibility index (Phi) is 4.68. The average molecular weight is 437 g/mol. The topological polar surface area (TPSA) is 80.5 Å². The Bertz CT molecular complexity index is 1320. The summed E-state index contributed by atoms with van der Waals surface area (Å²) in [5.74, 6) is -0.517. The summed E-state index contributed by atoms with van der Waals surface area (Å²) in [6.45, 7) is 0.523. The Hall–Kier alpha value is -3.03. The van der Waals surface area contributed by atoms with Crippen LogP contribution in [0, 0.1) is 11.7 Å². The third-order valence-electron chi connectivity index (χ3n) is 6.22. The molecular formula is C24H21FN2O3S. The number of carbonyl (C=O) groups excluding carboxylic acids is 1. The molecule has 1 aliphatic heterocycles. The number of hydrogen-bond donors (Lipinski definition) is 1. The zero-order valence-corrected chi connectivity index (χ0v) is 17.5. The number of rotatable bonds is 3. The number of nitrogens with two attached hydrogens (primary N) is 1. The third-order valence-corrected chi connectivity index (χ3v) is 7.13. The number of primary sulfonamides is 1. The largest absolute Gasteiger partial charge is 0.312 e. The highest BCUT2D eigenvalue weighted by atomic mass is 32.2. The Morgan fingerprint density at radius 1 is 0.968 bits per heavy atom. The zero-order chi connectivity index (χ0) is 21.8. The van der Waals surface area contributed by atoms with Gasteiger partial charge in [-0.1, -0.05) is 42.5 Å². The fourth-order valence-corrected chi connectivity index (χ4v) is 5.17. The molecule has 0 radical (unpaired) electrons. The summed E-state index contributed by atoms with van der Waals surface area (Å²) < 4.78 is 37.7. The van der Waals surface area contributed by atoms with Crippen LogP contribution in [0.15, 0.2) is 65.6 Å². The van der Waals surface area contributed by atoms with Gasteiger partial charge in [0.1, 0.15) is 5.82 Å². The van der Waals surface area contributed by atoms with Crippen LogP contribution in [0.5, 0.6) is 0 Å². The lowest BCUT2D eigenvalue weighted by Crippen LogP contribution is -2.35. The van der Waals surface area contributed by atoms with Gasteiger partial charge in [-0.15, -0.1) is 0 Å². The van der Waals surface area contributed by atoms with Crippen molar-refractivity contribution < 1.29 is 17.6 Å². The van der Waals surface area contributed by atoms with Gasteiger partial charge in [0.2, 0.25) is 15.9 Å². The van der Waals surface area contributed by atoms with Gasteiger partial charge in [-0.2, -0.15) is 0 Å². The minimum absolute atomic E-state index is 0.00943. The van der Waals surface area contributed by atoms with Gasteiger partial charge in [0.15, 0.2) is 0 Å². The van der Waals surface area contributed by atoms with Crippen molar-refractivity contribution in [3.05, 3.63) is 83.2 Å². The van der Waals surface area contributed by atoms with E-state index >= 15 is 0 Å². The maximum absolute atomic E-state index is 14.2. The number of amides is 1. The number of benzene rings is 3. The standard InChI is InChI=1S/C24H21FN2O3S/c25-22-4-2-1-3-21(22)17-6-5-16-11-19(13-18(16)12-17)24(28)27-10-9-15-7-8-20(14-23(15)27)31(26,29)30/h1-8,12,14,19H,9-11,13H2,(H2,26,29,30)/t19-/m1/s1. The van der Waals surface area contributed by atoms with Gasteiger partial charge in [-0.05, 0) is 59.7 Å². The summed E-state index contributed by atoms with van der Waals surface area (Å²) in [6.07, 6.45) is 1.88. The molecule has 0 saturated carbocycles. The van der Waals surface area contributed by atoms with E-state index in [4.69, 9.17) is 5.14 Å². The van der Waals surface area contributed by atoms with E-state index in [1.165, 1.54) is 18.2 Å². The van der Waals surface area contributed by atoms with Gasteiger partial charge in [0, 0.05) is 23.7 Å². The molecule has 3 aromatic carbocycles. The van der Waals surface area contributed by atoms with Gasteiger partial charge in [-0.3, -0.25) is 4.79 Å². The van der Waals surface area contributed by atoms with Gasteiger partial charge in [0.05, 0.1) is 4.90 Å². The van der Waals surface area contributed by atoms with Gasteiger partial charge < -0.3 is 4.90 Å². The van der Waals surface area contributed by atoms with E-state index in [1.807, 2.05) is 18.2 Å². The van der Waals surface area contributed by atoms with E-state index in [2.05, 4.69) is 0 Å². The van der Waals surface area contributed by atoms with E-state index in [1.54, 1.807) is 29.2 Å². The fourth-order valence-electron chi connectivity index (χ4n) is 4.64. The lowest BCUT2D eigenvalue weighted by Gasteiger charge is -2.21. The lowest BCUT2D eigenvalue weighted by atomic mass is 10.0. The van der Waals surface area contributed by atoms with E-state index < -0.39 is 10.0 Å². The van der Waals surface area contributed by atoms with Crippen molar-refractivity contribution in [1.29, 1.82) is 0 Å². The molecule has 2 aliphatic rings. The van der Waals surface area contributed by atoms with Crippen LogP contribution in [-0.2, 0) is 34.1 Å². The quantitative estimate of drug-likeness (QED) is 0.683. The minimum Gasteiger partial charge on any atom is -0.312 e. The van der Waals surface area contributed by atoms with E-state index in [0.717, 1.165) is 22.3 Å². The predicted molar refractivity (Wildman–Crippen MR) is 117 cm³/mol. The zero-order valence-electron chi connectivity index (χ0n) is 16.7. The SMILES string of the molecule is NS(=O)(=O)c1ccc2c(c1)N(C(=O)[C@@H]1Cc3ccc(-c4ccccc4F)cc3C1)CC2. The van der Waals surface area contributed by atoms with Crippen molar-refractivity contribution in [3.63, 3.8) is 0 Å². The fraction of sp³-hybridized carbons (Fsp3) is 0.208. The maximum atomic E-state index is 14.2. The Morgan fingerprint density at radius 2 is 1.71 bits per heavy atom. The molecule has 0 spiro atoms. The van der Waals surface area contributed by atoms with E-state index in [9.17, 15) is 17.6 Å². The molecule has 31 heavy (non-hydrogen) atoms. The summed E-state index contributed by atoms with van der Waals surface area (Å²) in [5, 5.41) is 5.27. The summed E-state index contributed by atoms with van der Waals surface area (Å²) >= 11 is 0. The highest BCUT2D eigenvalue weighted by molar-refractivity contribution is 7.89. The van der Waals surface area contributed by atoms with Crippen molar-refractivity contribution in [2.24, 2.45) is 11.1 Å². The molecule has 158 valence electrons. The summed E-state index contributed by atoms with van der Waals surface area (Å²) in [6, 6.07) is 17.2. The number of fused-ring (bicyclic) bond motifs is 2. The molecule has 1 atom stereocenters. The van der Waals surface area contributed by atoms with Gasteiger partial charge in [0.25, 0.3) is 0 Å². The molecule has 0 fully saturated rings. The van der Waals surface area contributed by atoms with Crippen molar-refractivity contribution in [1.82, 2.24) is 0 Å². The highest BCUT2D eigenvalue weighted by Crippen LogP contribution is 2.36. The Morgan fingerprint density at radius 3 is 2.48 bits per heavy atom. The first kappa shape index (κ1) is 19.9. The third kappa shape index (κ3) is 3.54. The second kappa shape index (κ2) is 7.28.